The highest BCUT2D eigenvalue weighted by molar-refractivity contribution is 5.82. The van der Waals surface area contributed by atoms with Crippen molar-refractivity contribution in [1.82, 2.24) is 5.32 Å². The van der Waals surface area contributed by atoms with Crippen molar-refractivity contribution in [1.29, 1.82) is 0 Å². The van der Waals surface area contributed by atoms with Gasteiger partial charge in [0.05, 0.1) is 26.2 Å². The van der Waals surface area contributed by atoms with Gasteiger partial charge in [-0.2, -0.15) is 0 Å². The van der Waals surface area contributed by atoms with Crippen LogP contribution < -0.4 is 24.6 Å². The molecule has 6 heteroatoms. The van der Waals surface area contributed by atoms with Gasteiger partial charge >= 0.3 is 0 Å². The van der Waals surface area contributed by atoms with Crippen LogP contribution in [0.15, 0.2) is 72.8 Å². The molecule has 35 heavy (non-hydrogen) atoms. The van der Waals surface area contributed by atoms with Crippen LogP contribution in [0.3, 0.4) is 0 Å². The number of hydrogen-bond acceptors (Lipinski definition) is 5. The van der Waals surface area contributed by atoms with Crippen molar-refractivity contribution < 1.29 is 14.3 Å². The molecule has 182 valence electrons. The first-order valence-electron chi connectivity index (χ1n) is 12.3. The maximum atomic E-state index is 13.5. The average Bonchev–Trinajstić information content (AvgIpc) is 2.92. The number of piperazine rings is 1. The van der Waals surface area contributed by atoms with E-state index in [1.165, 1.54) is 16.9 Å². The molecule has 3 aromatic rings. The summed E-state index contributed by atoms with van der Waals surface area (Å²) in [5, 5.41) is 3.23. The third-order valence-corrected chi connectivity index (χ3v) is 7.28. The number of ether oxygens (including phenoxy) is 2. The normalized spacial score (nSPS) is 18.9. The summed E-state index contributed by atoms with van der Waals surface area (Å²) in [6.45, 7) is 3.20. The van der Waals surface area contributed by atoms with Crippen LogP contribution >= 0.6 is 0 Å². The zero-order valence-corrected chi connectivity index (χ0v) is 20.4. The Labute approximate surface area is 207 Å². The summed E-state index contributed by atoms with van der Waals surface area (Å²) >= 11 is 0. The molecular weight excluding hydrogens is 438 g/mol. The van der Waals surface area contributed by atoms with Gasteiger partial charge in [-0.25, -0.2) is 0 Å². The molecule has 0 radical (unpaired) electrons. The first-order chi connectivity index (χ1) is 17.2. The minimum absolute atomic E-state index is 0.108. The van der Waals surface area contributed by atoms with Crippen LogP contribution in [-0.2, 0) is 17.6 Å². The molecule has 1 amide bonds. The summed E-state index contributed by atoms with van der Waals surface area (Å²) in [7, 11) is 3.37. The van der Waals surface area contributed by atoms with Crippen LogP contribution in [0.25, 0.3) is 0 Å². The third-order valence-electron chi connectivity index (χ3n) is 7.28. The second-order valence-corrected chi connectivity index (χ2v) is 9.20. The van der Waals surface area contributed by atoms with Crippen molar-refractivity contribution in [2.45, 2.75) is 18.9 Å². The Kier molecular flexibility index (Phi) is 6.80. The average molecular weight is 472 g/mol. The van der Waals surface area contributed by atoms with Crippen LogP contribution in [0.5, 0.6) is 11.5 Å². The predicted octanol–water partition coefficient (Wildman–Crippen LogP) is 3.93. The summed E-state index contributed by atoms with van der Waals surface area (Å²) in [5.74, 6) is 1.73. The van der Waals surface area contributed by atoms with Crippen LogP contribution in [-0.4, -0.2) is 52.3 Å². The SMILES string of the molecule is COc1ccc(N2CCN3c4ccccc4C[C@@H](C(=O)NCCc4ccccc4OC)[C@H]3C2)cc1. The van der Waals surface area contributed by atoms with Gasteiger partial charge in [0.2, 0.25) is 5.91 Å². The van der Waals surface area contributed by atoms with E-state index < -0.39 is 0 Å². The standard InChI is InChI=1S/C29H33N3O3/c1-34-24-13-11-23(12-14-24)31-17-18-32-26-9-5-3-8-22(26)19-25(27(32)20-31)29(33)30-16-15-21-7-4-6-10-28(21)35-2/h3-14,25,27H,15-20H2,1-2H3,(H,30,33)/t25-,27-/m1/s1. The molecule has 0 aliphatic carbocycles. The Morgan fingerprint density at radius 3 is 2.51 bits per heavy atom. The lowest BCUT2D eigenvalue weighted by atomic mass is 9.83. The first kappa shape index (κ1) is 23.1. The van der Waals surface area contributed by atoms with Crippen LogP contribution in [0, 0.1) is 5.92 Å². The van der Waals surface area contributed by atoms with Crippen molar-refractivity contribution in [3.63, 3.8) is 0 Å². The molecule has 5 rings (SSSR count). The Hall–Kier alpha value is -3.67. The summed E-state index contributed by atoms with van der Waals surface area (Å²) in [6, 6.07) is 24.8. The number of carbonyl (C=O) groups excluding carboxylic acids is 1. The van der Waals surface area contributed by atoms with Gasteiger partial charge < -0.3 is 24.6 Å². The fourth-order valence-corrected chi connectivity index (χ4v) is 5.45. The molecule has 3 aromatic carbocycles. The van der Waals surface area contributed by atoms with Crippen molar-refractivity contribution in [2.24, 2.45) is 5.92 Å². The minimum Gasteiger partial charge on any atom is -0.497 e. The maximum Gasteiger partial charge on any atom is 0.225 e. The second-order valence-electron chi connectivity index (χ2n) is 9.20. The Morgan fingerprint density at radius 2 is 1.71 bits per heavy atom. The van der Waals surface area contributed by atoms with E-state index >= 15 is 0 Å². The van der Waals surface area contributed by atoms with E-state index in [1.54, 1.807) is 14.2 Å². The van der Waals surface area contributed by atoms with Gasteiger partial charge in [0.25, 0.3) is 0 Å². The molecule has 1 fully saturated rings. The fraction of sp³-hybridized carbons (Fsp3) is 0.345. The quantitative estimate of drug-likeness (QED) is 0.566. The first-order valence-corrected chi connectivity index (χ1v) is 12.3. The predicted molar refractivity (Wildman–Crippen MR) is 140 cm³/mol. The molecule has 2 heterocycles. The van der Waals surface area contributed by atoms with Gasteiger partial charge in [0.15, 0.2) is 0 Å². The van der Waals surface area contributed by atoms with Gasteiger partial charge in [0, 0.05) is 37.6 Å². The van der Waals surface area contributed by atoms with E-state index in [9.17, 15) is 4.79 Å². The maximum absolute atomic E-state index is 13.5. The van der Waals surface area contributed by atoms with Crippen molar-refractivity contribution in [2.75, 3.05) is 50.2 Å². The lowest BCUT2D eigenvalue weighted by Gasteiger charge is -2.49. The lowest BCUT2D eigenvalue weighted by molar-refractivity contribution is -0.125. The van der Waals surface area contributed by atoms with E-state index in [1.807, 2.05) is 30.3 Å². The van der Waals surface area contributed by atoms with Crippen LogP contribution in [0.1, 0.15) is 11.1 Å². The van der Waals surface area contributed by atoms with E-state index in [4.69, 9.17) is 9.47 Å². The summed E-state index contributed by atoms with van der Waals surface area (Å²) in [6.07, 6.45) is 1.50. The van der Waals surface area contributed by atoms with Gasteiger partial charge in [0.1, 0.15) is 11.5 Å². The summed E-state index contributed by atoms with van der Waals surface area (Å²) in [4.78, 5) is 18.4. The molecule has 0 bridgehead atoms. The number of para-hydroxylation sites is 2. The highest BCUT2D eigenvalue weighted by Crippen LogP contribution is 2.37. The summed E-state index contributed by atoms with van der Waals surface area (Å²) < 4.78 is 10.8. The smallest absolute Gasteiger partial charge is 0.225 e. The number of fused-ring (bicyclic) bond motifs is 3. The van der Waals surface area contributed by atoms with Gasteiger partial charge in [-0.05, 0) is 60.4 Å². The van der Waals surface area contributed by atoms with Gasteiger partial charge in [-0.15, -0.1) is 0 Å². The fourth-order valence-electron chi connectivity index (χ4n) is 5.45. The molecule has 0 aromatic heterocycles. The number of hydrogen-bond donors (Lipinski definition) is 1. The molecular formula is C29H33N3O3. The molecule has 1 N–H and O–H groups in total. The largest absolute Gasteiger partial charge is 0.497 e. The number of amides is 1. The highest BCUT2D eigenvalue weighted by atomic mass is 16.5. The number of methoxy groups -OCH3 is 2. The molecule has 2 aliphatic rings. The topological polar surface area (TPSA) is 54.0 Å². The molecule has 0 saturated carbocycles. The number of anilines is 2. The van der Waals surface area contributed by atoms with E-state index in [-0.39, 0.29) is 17.9 Å². The zero-order chi connectivity index (χ0) is 24.2. The molecule has 0 unspecified atom stereocenters. The number of nitrogens with one attached hydrogen (secondary N) is 1. The van der Waals surface area contributed by atoms with E-state index in [2.05, 4.69) is 57.6 Å². The Balaban J connectivity index is 1.32. The number of carbonyl (C=O) groups is 1. The van der Waals surface area contributed by atoms with Crippen LogP contribution in [0.2, 0.25) is 0 Å². The van der Waals surface area contributed by atoms with E-state index in [0.29, 0.717) is 6.54 Å². The molecule has 0 spiro atoms. The van der Waals surface area contributed by atoms with Crippen LogP contribution in [0.4, 0.5) is 11.4 Å². The summed E-state index contributed by atoms with van der Waals surface area (Å²) in [5.41, 5.74) is 4.80. The minimum atomic E-state index is -0.108. The molecule has 6 nitrogen and oxygen atoms in total. The van der Waals surface area contributed by atoms with Crippen molar-refractivity contribution in [3.05, 3.63) is 83.9 Å². The van der Waals surface area contributed by atoms with Gasteiger partial charge in [-0.3, -0.25) is 4.79 Å². The second kappa shape index (κ2) is 10.3. The third kappa shape index (κ3) is 4.78. The van der Waals surface area contributed by atoms with Gasteiger partial charge in [-0.1, -0.05) is 36.4 Å². The lowest BCUT2D eigenvalue weighted by Crippen LogP contribution is -2.61. The number of nitrogens with zero attached hydrogens (tertiary/aromatic N) is 2. The molecule has 2 aliphatic heterocycles. The molecule has 2 atom stereocenters. The number of rotatable bonds is 7. The Bertz CT molecular complexity index is 1160. The van der Waals surface area contributed by atoms with Crippen molar-refractivity contribution >= 4 is 17.3 Å². The van der Waals surface area contributed by atoms with Crippen molar-refractivity contribution in [3.8, 4) is 11.5 Å². The Morgan fingerprint density at radius 1 is 0.943 bits per heavy atom. The molecule has 1 saturated heterocycles. The highest BCUT2D eigenvalue weighted by Gasteiger charge is 2.41. The van der Waals surface area contributed by atoms with E-state index in [0.717, 1.165) is 49.5 Å². The zero-order valence-electron chi connectivity index (χ0n) is 20.4. The number of benzene rings is 3. The monoisotopic (exact) mass is 471 g/mol.